The number of aryl methyl sites for hydroxylation is 1. The van der Waals surface area contributed by atoms with Crippen LogP contribution in [0, 0.1) is 12.8 Å². The molecule has 102 valence electrons. The number of aldehydes is 1. The lowest BCUT2D eigenvalue weighted by Crippen LogP contribution is -2.30. The lowest BCUT2D eigenvalue weighted by molar-refractivity contribution is -0.122. The molecule has 0 atom stereocenters. The maximum atomic E-state index is 11.4. The standard InChI is InChI=1S/C12H15ClN4O2/c1-7-16-10(13)9(6-18)11(17-7)14-4-5-15-12(19)8-2-3-8/h6,8H,2-5H2,1H3,(H,15,19)(H,14,16,17). The summed E-state index contributed by atoms with van der Waals surface area (Å²) in [6, 6.07) is 0. The fourth-order valence-corrected chi connectivity index (χ4v) is 1.90. The van der Waals surface area contributed by atoms with Crippen LogP contribution in [0.2, 0.25) is 5.15 Å². The number of nitrogens with zero attached hydrogens (tertiary/aromatic N) is 2. The molecule has 0 saturated heterocycles. The van der Waals surface area contributed by atoms with E-state index in [2.05, 4.69) is 20.6 Å². The summed E-state index contributed by atoms with van der Waals surface area (Å²) in [5, 5.41) is 5.93. The topological polar surface area (TPSA) is 84.0 Å². The number of carbonyl (C=O) groups excluding carboxylic acids is 2. The molecule has 1 saturated carbocycles. The maximum absolute atomic E-state index is 11.4. The van der Waals surface area contributed by atoms with Crippen LogP contribution in [-0.2, 0) is 4.79 Å². The van der Waals surface area contributed by atoms with Gasteiger partial charge < -0.3 is 10.6 Å². The quantitative estimate of drug-likeness (QED) is 0.465. The van der Waals surface area contributed by atoms with Gasteiger partial charge in [-0.05, 0) is 19.8 Å². The van der Waals surface area contributed by atoms with E-state index in [4.69, 9.17) is 11.6 Å². The fraction of sp³-hybridized carbons (Fsp3) is 0.500. The molecule has 0 aliphatic heterocycles. The molecule has 6 nitrogen and oxygen atoms in total. The molecule has 0 bridgehead atoms. The third-order valence-electron chi connectivity index (χ3n) is 2.79. The van der Waals surface area contributed by atoms with Crippen molar-refractivity contribution in [1.82, 2.24) is 15.3 Å². The SMILES string of the molecule is Cc1nc(Cl)c(C=O)c(NCCNC(=O)C2CC2)n1. The Kier molecular flexibility index (Phi) is 4.31. The van der Waals surface area contributed by atoms with Crippen LogP contribution < -0.4 is 10.6 Å². The van der Waals surface area contributed by atoms with Gasteiger partial charge in [-0.2, -0.15) is 0 Å². The van der Waals surface area contributed by atoms with Gasteiger partial charge >= 0.3 is 0 Å². The molecule has 19 heavy (non-hydrogen) atoms. The Balaban J connectivity index is 1.87. The predicted octanol–water partition coefficient (Wildman–Crippen LogP) is 1.19. The Morgan fingerprint density at radius 2 is 2.16 bits per heavy atom. The number of amides is 1. The van der Waals surface area contributed by atoms with Gasteiger partial charge in [-0.15, -0.1) is 0 Å². The van der Waals surface area contributed by atoms with E-state index in [0.717, 1.165) is 12.8 Å². The van der Waals surface area contributed by atoms with Crippen LogP contribution in [-0.4, -0.2) is 35.3 Å². The van der Waals surface area contributed by atoms with Crippen molar-refractivity contribution in [3.05, 3.63) is 16.5 Å². The summed E-state index contributed by atoms with van der Waals surface area (Å²) in [4.78, 5) is 30.4. The highest BCUT2D eigenvalue weighted by Gasteiger charge is 2.28. The average molecular weight is 283 g/mol. The summed E-state index contributed by atoms with van der Waals surface area (Å²) in [7, 11) is 0. The number of halogens is 1. The van der Waals surface area contributed by atoms with Crippen molar-refractivity contribution in [2.75, 3.05) is 18.4 Å². The van der Waals surface area contributed by atoms with Crippen LogP contribution in [0.15, 0.2) is 0 Å². The van der Waals surface area contributed by atoms with E-state index in [9.17, 15) is 9.59 Å². The first kappa shape index (κ1) is 13.7. The Labute approximate surface area is 116 Å². The zero-order chi connectivity index (χ0) is 13.8. The third-order valence-corrected chi connectivity index (χ3v) is 3.08. The first-order chi connectivity index (χ1) is 9.11. The Bertz CT molecular complexity index is 503. The Morgan fingerprint density at radius 1 is 1.42 bits per heavy atom. The number of rotatable bonds is 6. The van der Waals surface area contributed by atoms with Gasteiger partial charge in [0.1, 0.15) is 16.8 Å². The van der Waals surface area contributed by atoms with Crippen molar-refractivity contribution in [1.29, 1.82) is 0 Å². The molecular formula is C12H15ClN4O2. The molecule has 0 unspecified atom stereocenters. The highest BCUT2D eigenvalue weighted by atomic mass is 35.5. The largest absolute Gasteiger partial charge is 0.368 e. The Morgan fingerprint density at radius 3 is 2.79 bits per heavy atom. The fourth-order valence-electron chi connectivity index (χ4n) is 1.64. The smallest absolute Gasteiger partial charge is 0.223 e. The van der Waals surface area contributed by atoms with Gasteiger partial charge in [0, 0.05) is 19.0 Å². The number of anilines is 1. The van der Waals surface area contributed by atoms with Gasteiger partial charge in [-0.1, -0.05) is 11.6 Å². The molecule has 1 amide bonds. The van der Waals surface area contributed by atoms with Crippen molar-refractivity contribution >= 4 is 29.6 Å². The van der Waals surface area contributed by atoms with Crippen molar-refractivity contribution in [2.45, 2.75) is 19.8 Å². The molecule has 0 radical (unpaired) electrons. The zero-order valence-electron chi connectivity index (χ0n) is 10.6. The van der Waals surface area contributed by atoms with Crippen molar-refractivity contribution < 1.29 is 9.59 Å². The number of nitrogens with one attached hydrogen (secondary N) is 2. The highest BCUT2D eigenvalue weighted by molar-refractivity contribution is 6.32. The normalized spacial score (nSPS) is 14.0. The second kappa shape index (κ2) is 5.97. The minimum atomic E-state index is 0.0920. The van der Waals surface area contributed by atoms with Crippen LogP contribution in [0.3, 0.4) is 0 Å². The molecule has 0 spiro atoms. The molecule has 1 fully saturated rings. The van der Waals surface area contributed by atoms with Gasteiger partial charge in [0.25, 0.3) is 0 Å². The van der Waals surface area contributed by atoms with E-state index in [0.29, 0.717) is 31.0 Å². The molecule has 0 aromatic carbocycles. The molecule has 2 N–H and O–H groups in total. The average Bonchev–Trinajstić information content (AvgIpc) is 3.18. The van der Waals surface area contributed by atoms with Crippen molar-refractivity contribution in [3.8, 4) is 0 Å². The molecule has 1 heterocycles. The summed E-state index contributed by atoms with van der Waals surface area (Å²) < 4.78 is 0. The van der Waals surface area contributed by atoms with Gasteiger partial charge in [0.15, 0.2) is 6.29 Å². The van der Waals surface area contributed by atoms with Gasteiger partial charge in [0.05, 0.1) is 5.56 Å². The summed E-state index contributed by atoms with van der Waals surface area (Å²) in [5.41, 5.74) is 0.237. The third kappa shape index (κ3) is 3.64. The van der Waals surface area contributed by atoms with E-state index in [1.165, 1.54) is 0 Å². The molecule has 1 aliphatic carbocycles. The summed E-state index contributed by atoms with van der Waals surface area (Å²) >= 11 is 5.86. The maximum Gasteiger partial charge on any atom is 0.223 e. The predicted molar refractivity (Wildman–Crippen MR) is 71.4 cm³/mol. The van der Waals surface area contributed by atoms with Crippen molar-refractivity contribution in [3.63, 3.8) is 0 Å². The summed E-state index contributed by atoms with van der Waals surface area (Å²) in [6.07, 6.45) is 2.58. The number of aromatic nitrogens is 2. The van der Waals surface area contributed by atoms with E-state index < -0.39 is 0 Å². The van der Waals surface area contributed by atoms with Gasteiger partial charge in [-0.25, -0.2) is 9.97 Å². The van der Waals surface area contributed by atoms with Crippen LogP contribution >= 0.6 is 11.6 Å². The number of carbonyl (C=O) groups is 2. The summed E-state index contributed by atoms with van der Waals surface area (Å²) in [6.45, 7) is 2.65. The minimum Gasteiger partial charge on any atom is -0.368 e. The first-order valence-electron chi connectivity index (χ1n) is 6.12. The van der Waals surface area contributed by atoms with E-state index in [-0.39, 0.29) is 22.5 Å². The van der Waals surface area contributed by atoms with Crippen LogP contribution in [0.1, 0.15) is 29.0 Å². The monoisotopic (exact) mass is 282 g/mol. The lowest BCUT2D eigenvalue weighted by atomic mass is 10.3. The van der Waals surface area contributed by atoms with E-state index >= 15 is 0 Å². The number of hydrogen-bond acceptors (Lipinski definition) is 5. The molecule has 2 rings (SSSR count). The van der Waals surface area contributed by atoms with Crippen LogP contribution in [0.25, 0.3) is 0 Å². The van der Waals surface area contributed by atoms with Crippen LogP contribution in [0.5, 0.6) is 0 Å². The molecular weight excluding hydrogens is 268 g/mol. The second-order valence-electron chi connectivity index (χ2n) is 4.43. The highest BCUT2D eigenvalue weighted by Crippen LogP contribution is 2.28. The Hall–Kier alpha value is -1.69. The molecule has 1 aliphatic rings. The van der Waals surface area contributed by atoms with Gasteiger partial charge in [0.2, 0.25) is 5.91 Å². The van der Waals surface area contributed by atoms with Crippen LogP contribution in [0.4, 0.5) is 5.82 Å². The number of hydrogen-bond donors (Lipinski definition) is 2. The minimum absolute atomic E-state index is 0.0920. The summed E-state index contributed by atoms with van der Waals surface area (Å²) in [5.74, 6) is 1.17. The van der Waals surface area contributed by atoms with E-state index in [1.54, 1.807) is 6.92 Å². The first-order valence-corrected chi connectivity index (χ1v) is 6.50. The second-order valence-corrected chi connectivity index (χ2v) is 4.79. The molecule has 1 aromatic heterocycles. The van der Waals surface area contributed by atoms with Gasteiger partial charge in [-0.3, -0.25) is 9.59 Å². The lowest BCUT2D eigenvalue weighted by Gasteiger charge is -2.10. The molecule has 7 heteroatoms. The van der Waals surface area contributed by atoms with Crippen molar-refractivity contribution in [2.24, 2.45) is 5.92 Å². The molecule has 1 aromatic rings. The van der Waals surface area contributed by atoms with E-state index in [1.807, 2.05) is 0 Å². The zero-order valence-corrected chi connectivity index (χ0v) is 11.3.